The summed E-state index contributed by atoms with van der Waals surface area (Å²) in [6.45, 7) is 3.78. The third-order valence-electron chi connectivity index (χ3n) is 4.61. The van der Waals surface area contributed by atoms with E-state index in [1.807, 2.05) is 11.9 Å². The van der Waals surface area contributed by atoms with Crippen molar-refractivity contribution in [3.63, 3.8) is 0 Å². The maximum Gasteiger partial charge on any atom is 0.293 e. The fraction of sp³-hybridized carbons (Fsp3) is 0.412. The highest BCUT2D eigenvalue weighted by Gasteiger charge is 2.30. The molecule has 0 radical (unpaired) electrons. The second kappa shape index (κ2) is 7.67. The van der Waals surface area contributed by atoms with Crippen molar-refractivity contribution < 1.29 is 17.8 Å². The standard InChI is InChI=1S/C17H22N4O5S/c1-13(17-4-3-11-26-17)18-15-6-5-14(12-16(15)21(22)23)27(24,25)20-9-7-19(2)8-10-20/h3-6,11-13,18H,7-10H2,1-2H3/t13-/m1/s1. The Kier molecular flexibility index (Phi) is 5.49. The number of piperazine rings is 1. The van der Waals surface area contributed by atoms with Crippen molar-refractivity contribution in [3.05, 3.63) is 52.5 Å². The number of likely N-dealkylation sites (N-methyl/N-ethyl adjacent to an activating group) is 1. The fourth-order valence-electron chi connectivity index (χ4n) is 2.96. The van der Waals surface area contributed by atoms with E-state index in [1.54, 1.807) is 19.1 Å². The fourth-order valence-corrected chi connectivity index (χ4v) is 4.41. The van der Waals surface area contributed by atoms with Gasteiger partial charge in [-0.05, 0) is 38.2 Å². The quantitative estimate of drug-likeness (QED) is 0.591. The third kappa shape index (κ3) is 4.12. The lowest BCUT2D eigenvalue weighted by molar-refractivity contribution is -0.384. The number of rotatable bonds is 6. The van der Waals surface area contributed by atoms with Gasteiger partial charge in [-0.1, -0.05) is 0 Å². The zero-order valence-electron chi connectivity index (χ0n) is 15.2. The number of hydrogen-bond acceptors (Lipinski definition) is 7. The lowest BCUT2D eigenvalue weighted by Gasteiger charge is -2.31. The minimum atomic E-state index is -3.77. The van der Waals surface area contributed by atoms with Crippen molar-refractivity contribution in [1.29, 1.82) is 0 Å². The van der Waals surface area contributed by atoms with Crippen molar-refractivity contribution in [1.82, 2.24) is 9.21 Å². The van der Waals surface area contributed by atoms with Crippen LogP contribution >= 0.6 is 0 Å². The molecule has 1 aliphatic rings. The number of nitro benzene ring substituents is 1. The summed E-state index contributed by atoms with van der Waals surface area (Å²) in [6, 6.07) is 7.13. The molecule has 0 unspecified atom stereocenters. The zero-order chi connectivity index (χ0) is 19.6. The van der Waals surface area contributed by atoms with Gasteiger partial charge in [0.05, 0.1) is 22.1 Å². The summed E-state index contributed by atoms with van der Waals surface area (Å²) in [5.74, 6) is 0.624. The first-order valence-corrected chi connectivity index (χ1v) is 10.00. The van der Waals surface area contributed by atoms with E-state index in [-0.39, 0.29) is 22.3 Å². The first-order chi connectivity index (χ1) is 12.8. The molecule has 3 rings (SSSR count). The second-order valence-corrected chi connectivity index (χ2v) is 8.46. The topological polar surface area (TPSA) is 109 Å². The summed E-state index contributed by atoms with van der Waals surface area (Å²) in [4.78, 5) is 12.9. The van der Waals surface area contributed by atoms with E-state index in [0.29, 0.717) is 31.9 Å². The molecule has 1 aromatic carbocycles. The minimum Gasteiger partial charge on any atom is -0.467 e. The highest BCUT2D eigenvalue weighted by atomic mass is 32.2. The van der Waals surface area contributed by atoms with Crippen LogP contribution in [0, 0.1) is 10.1 Å². The third-order valence-corrected chi connectivity index (χ3v) is 6.50. The largest absolute Gasteiger partial charge is 0.467 e. The Balaban J connectivity index is 1.88. The molecule has 0 aliphatic carbocycles. The molecular formula is C17H22N4O5S. The van der Waals surface area contributed by atoms with E-state index in [9.17, 15) is 18.5 Å². The Morgan fingerprint density at radius 2 is 1.93 bits per heavy atom. The molecule has 0 amide bonds. The molecule has 0 spiro atoms. The van der Waals surface area contributed by atoms with Crippen LogP contribution in [-0.4, -0.2) is 55.8 Å². The number of benzene rings is 1. The van der Waals surface area contributed by atoms with E-state index in [2.05, 4.69) is 5.32 Å². The van der Waals surface area contributed by atoms with Crippen molar-refractivity contribution in [2.45, 2.75) is 17.9 Å². The van der Waals surface area contributed by atoms with Crippen molar-refractivity contribution >= 4 is 21.4 Å². The van der Waals surface area contributed by atoms with Gasteiger partial charge in [-0.2, -0.15) is 4.31 Å². The van der Waals surface area contributed by atoms with Crippen molar-refractivity contribution in [2.75, 3.05) is 38.5 Å². The molecule has 2 aromatic rings. The summed E-state index contributed by atoms with van der Waals surface area (Å²) in [5, 5.41) is 14.5. The van der Waals surface area contributed by atoms with Gasteiger partial charge >= 0.3 is 0 Å². The molecule has 1 N–H and O–H groups in total. The van der Waals surface area contributed by atoms with Crippen molar-refractivity contribution in [3.8, 4) is 0 Å². The van der Waals surface area contributed by atoms with Gasteiger partial charge in [0.1, 0.15) is 11.4 Å². The summed E-state index contributed by atoms with van der Waals surface area (Å²) in [5.41, 5.74) is -0.0511. The van der Waals surface area contributed by atoms with E-state index in [0.717, 1.165) is 6.07 Å². The molecular weight excluding hydrogens is 372 g/mol. The molecule has 9 nitrogen and oxygen atoms in total. The van der Waals surface area contributed by atoms with Crippen LogP contribution in [0.1, 0.15) is 18.7 Å². The monoisotopic (exact) mass is 394 g/mol. The molecule has 1 fully saturated rings. The highest BCUT2D eigenvalue weighted by molar-refractivity contribution is 7.89. The van der Waals surface area contributed by atoms with Gasteiger partial charge in [0.2, 0.25) is 10.0 Å². The summed E-state index contributed by atoms with van der Waals surface area (Å²) in [6.07, 6.45) is 1.52. The summed E-state index contributed by atoms with van der Waals surface area (Å²) < 4.78 is 32.3. The second-order valence-electron chi connectivity index (χ2n) is 6.52. The summed E-state index contributed by atoms with van der Waals surface area (Å²) >= 11 is 0. The van der Waals surface area contributed by atoms with Crippen LogP contribution < -0.4 is 5.32 Å². The van der Waals surface area contributed by atoms with Crippen LogP contribution in [0.3, 0.4) is 0 Å². The van der Waals surface area contributed by atoms with Gasteiger partial charge < -0.3 is 14.6 Å². The number of nitrogens with zero attached hydrogens (tertiary/aromatic N) is 3. The predicted molar refractivity (Wildman–Crippen MR) is 100 cm³/mol. The average Bonchev–Trinajstić information content (AvgIpc) is 3.17. The van der Waals surface area contributed by atoms with E-state index in [4.69, 9.17) is 4.42 Å². The van der Waals surface area contributed by atoms with Crippen LogP contribution in [0.5, 0.6) is 0 Å². The van der Waals surface area contributed by atoms with Gasteiger partial charge in [0.25, 0.3) is 5.69 Å². The Bertz CT molecular complexity index is 905. The molecule has 1 saturated heterocycles. The van der Waals surface area contributed by atoms with Gasteiger partial charge in [-0.15, -0.1) is 0 Å². The Labute approximate surface area is 157 Å². The number of nitro groups is 1. The van der Waals surface area contributed by atoms with Crippen LogP contribution in [0.2, 0.25) is 0 Å². The van der Waals surface area contributed by atoms with Crippen LogP contribution in [0.4, 0.5) is 11.4 Å². The number of anilines is 1. The molecule has 2 heterocycles. The molecule has 1 aliphatic heterocycles. The number of hydrogen-bond donors (Lipinski definition) is 1. The van der Waals surface area contributed by atoms with Crippen LogP contribution in [0.25, 0.3) is 0 Å². The first-order valence-electron chi connectivity index (χ1n) is 8.56. The van der Waals surface area contributed by atoms with E-state index >= 15 is 0 Å². The Hall–Kier alpha value is -2.43. The van der Waals surface area contributed by atoms with Gasteiger partial charge in [0.15, 0.2) is 0 Å². The highest BCUT2D eigenvalue weighted by Crippen LogP contribution is 2.32. The number of furan rings is 1. The predicted octanol–water partition coefficient (Wildman–Crippen LogP) is 2.30. The normalized spacial score (nSPS) is 17.6. The maximum absolute atomic E-state index is 12.8. The first kappa shape index (κ1) is 19.3. The molecule has 1 atom stereocenters. The Morgan fingerprint density at radius 1 is 1.22 bits per heavy atom. The van der Waals surface area contributed by atoms with Gasteiger partial charge in [0, 0.05) is 32.2 Å². The molecule has 27 heavy (non-hydrogen) atoms. The number of nitrogens with one attached hydrogen (secondary N) is 1. The average molecular weight is 394 g/mol. The van der Waals surface area contributed by atoms with Gasteiger partial charge in [-0.25, -0.2) is 8.42 Å². The lowest BCUT2D eigenvalue weighted by Crippen LogP contribution is -2.47. The maximum atomic E-state index is 12.8. The lowest BCUT2D eigenvalue weighted by atomic mass is 10.2. The van der Waals surface area contributed by atoms with Gasteiger partial charge in [-0.3, -0.25) is 10.1 Å². The molecule has 146 valence electrons. The number of sulfonamides is 1. The molecule has 0 bridgehead atoms. The molecule has 1 aromatic heterocycles. The van der Waals surface area contributed by atoms with E-state index in [1.165, 1.54) is 22.7 Å². The Morgan fingerprint density at radius 3 is 2.52 bits per heavy atom. The zero-order valence-corrected chi connectivity index (χ0v) is 16.0. The van der Waals surface area contributed by atoms with Crippen LogP contribution in [0.15, 0.2) is 45.9 Å². The summed E-state index contributed by atoms with van der Waals surface area (Å²) in [7, 11) is -1.85. The minimum absolute atomic E-state index is 0.0741. The van der Waals surface area contributed by atoms with Crippen LogP contribution in [-0.2, 0) is 10.0 Å². The van der Waals surface area contributed by atoms with E-state index < -0.39 is 14.9 Å². The smallest absolute Gasteiger partial charge is 0.293 e. The SMILES string of the molecule is C[C@@H](Nc1ccc(S(=O)(=O)N2CCN(C)CC2)cc1[N+](=O)[O-])c1ccco1. The van der Waals surface area contributed by atoms with Crippen molar-refractivity contribution in [2.24, 2.45) is 0 Å². The molecule has 0 saturated carbocycles. The molecule has 10 heteroatoms.